The standard InChI is InChI=1S/2C3H4N2.2C2H8N2.Ru/c2*1-2-5-3-4-1;2*3-1-2-4;/h2*1-3H,(H,4,5);2*1-4H2;/q;;;;+3. The van der Waals surface area contributed by atoms with Gasteiger partial charge in [0.1, 0.15) is 0 Å². The molecule has 2 aromatic rings. The first kappa shape index (κ1) is 23.0. The molecule has 1 radical (unpaired) electrons. The molecule has 0 aliphatic heterocycles. The van der Waals surface area contributed by atoms with Crippen LogP contribution in [-0.4, -0.2) is 46.1 Å². The van der Waals surface area contributed by atoms with Gasteiger partial charge in [0.25, 0.3) is 0 Å². The summed E-state index contributed by atoms with van der Waals surface area (Å²) in [7, 11) is 0. The Morgan fingerprint density at radius 2 is 1.00 bits per heavy atom. The summed E-state index contributed by atoms with van der Waals surface area (Å²) < 4.78 is 0. The number of nitrogens with zero attached hydrogens (tertiary/aromatic N) is 2. The second-order valence-electron chi connectivity index (χ2n) is 2.68. The summed E-state index contributed by atoms with van der Waals surface area (Å²) in [6.07, 6.45) is 10.2. The van der Waals surface area contributed by atoms with Gasteiger partial charge in [-0.15, -0.1) is 0 Å². The summed E-state index contributed by atoms with van der Waals surface area (Å²) in [4.78, 5) is 12.8. The minimum atomic E-state index is 0. The van der Waals surface area contributed by atoms with Gasteiger partial charge in [0, 0.05) is 51.0 Å². The van der Waals surface area contributed by atoms with Gasteiger partial charge >= 0.3 is 19.5 Å². The normalized spacial score (nSPS) is 7.37. The van der Waals surface area contributed by atoms with Crippen LogP contribution in [0.3, 0.4) is 0 Å². The molecule has 0 bridgehead atoms. The summed E-state index contributed by atoms with van der Waals surface area (Å²) in [5.41, 5.74) is 19.6. The van der Waals surface area contributed by atoms with Crippen LogP contribution in [0.1, 0.15) is 0 Å². The summed E-state index contributed by atoms with van der Waals surface area (Å²) >= 11 is 0. The molecule has 0 saturated heterocycles. The second-order valence-corrected chi connectivity index (χ2v) is 2.68. The zero-order chi connectivity index (χ0) is 13.9. The molecule has 0 aromatic carbocycles. The van der Waals surface area contributed by atoms with Gasteiger partial charge in [-0.25, -0.2) is 9.97 Å². The van der Waals surface area contributed by atoms with Gasteiger partial charge in [-0.05, 0) is 0 Å². The van der Waals surface area contributed by atoms with E-state index in [4.69, 9.17) is 22.9 Å². The molecule has 2 rings (SSSR count). The van der Waals surface area contributed by atoms with Crippen molar-refractivity contribution < 1.29 is 19.5 Å². The smallest absolute Gasteiger partial charge is 0.351 e. The van der Waals surface area contributed by atoms with Gasteiger partial charge in [-0.3, -0.25) is 0 Å². The summed E-state index contributed by atoms with van der Waals surface area (Å²) in [5, 5.41) is 0. The fraction of sp³-hybridized carbons (Fsp3) is 0.400. The number of hydrogen-bond acceptors (Lipinski definition) is 6. The summed E-state index contributed by atoms with van der Waals surface area (Å²) in [6, 6.07) is 0. The first-order valence-electron chi connectivity index (χ1n) is 5.49. The van der Waals surface area contributed by atoms with Crippen LogP contribution >= 0.6 is 0 Å². The predicted molar refractivity (Wildman–Crippen MR) is 73.4 cm³/mol. The molecule has 0 spiro atoms. The molecule has 109 valence electrons. The number of hydrogen-bond donors (Lipinski definition) is 6. The van der Waals surface area contributed by atoms with Gasteiger partial charge in [-0.2, -0.15) is 0 Å². The third-order valence-electron chi connectivity index (χ3n) is 1.15. The van der Waals surface area contributed by atoms with Crippen molar-refractivity contribution >= 4 is 0 Å². The number of rotatable bonds is 2. The van der Waals surface area contributed by atoms with Crippen LogP contribution in [0.25, 0.3) is 0 Å². The molecule has 0 aliphatic carbocycles. The van der Waals surface area contributed by atoms with Crippen LogP contribution < -0.4 is 22.9 Å². The number of aromatic amines is 2. The van der Waals surface area contributed by atoms with Gasteiger partial charge < -0.3 is 32.9 Å². The van der Waals surface area contributed by atoms with Gasteiger partial charge in [-0.1, -0.05) is 0 Å². The van der Waals surface area contributed by atoms with Crippen molar-refractivity contribution in [2.45, 2.75) is 0 Å². The Morgan fingerprint density at radius 3 is 1.05 bits per heavy atom. The van der Waals surface area contributed by atoms with Crippen LogP contribution in [0, 0.1) is 0 Å². The zero-order valence-corrected chi connectivity index (χ0v) is 12.6. The fourth-order valence-electron chi connectivity index (χ4n) is 0.430. The second kappa shape index (κ2) is 25.7. The number of nitrogens with one attached hydrogen (secondary N) is 2. The van der Waals surface area contributed by atoms with E-state index in [2.05, 4.69) is 19.9 Å². The molecule has 0 atom stereocenters. The van der Waals surface area contributed by atoms with Crippen LogP contribution in [0.4, 0.5) is 0 Å². The molecule has 2 aromatic heterocycles. The Labute approximate surface area is 126 Å². The molecule has 19 heavy (non-hydrogen) atoms. The molecule has 8 nitrogen and oxygen atoms in total. The van der Waals surface area contributed by atoms with Crippen molar-refractivity contribution in [1.29, 1.82) is 0 Å². The number of aromatic nitrogens is 4. The minimum absolute atomic E-state index is 0. The maximum Gasteiger partial charge on any atom is 3.00 e. The van der Waals surface area contributed by atoms with E-state index in [-0.39, 0.29) is 19.5 Å². The van der Waals surface area contributed by atoms with E-state index in [9.17, 15) is 0 Å². The van der Waals surface area contributed by atoms with E-state index < -0.39 is 0 Å². The van der Waals surface area contributed by atoms with E-state index in [0.29, 0.717) is 26.2 Å². The van der Waals surface area contributed by atoms with Crippen molar-refractivity contribution in [3.8, 4) is 0 Å². The van der Waals surface area contributed by atoms with Crippen LogP contribution in [0.15, 0.2) is 37.4 Å². The molecular formula is C10H24N8Ru+3. The SMILES string of the molecule is NCCN.NCCN.[Ru+3].c1c[nH]cn1.c1c[nH]cn1. The molecule has 0 fully saturated rings. The van der Waals surface area contributed by atoms with Crippen molar-refractivity contribution in [2.24, 2.45) is 22.9 Å². The van der Waals surface area contributed by atoms with Crippen LogP contribution in [-0.2, 0) is 19.5 Å². The van der Waals surface area contributed by atoms with Gasteiger partial charge in [0.15, 0.2) is 0 Å². The summed E-state index contributed by atoms with van der Waals surface area (Å²) in [5.74, 6) is 0. The van der Waals surface area contributed by atoms with E-state index in [1.807, 2.05) is 0 Å². The van der Waals surface area contributed by atoms with E-state index in [0.717, 1.165) is 0 Å². The monoisotopic (exact) mass is 358 g/mol. The zero-order valence-electron chi connectivity index (χ0n) is 10.8. The third kappa shape index (κ3) is 31.6. The van der Waals surface area contributed by atoms with Crippen molar-refractivity contribution in [3.05, 3.63) is 37.4 Å². The largest absolute Gasteiger partial charge is 3.00 e. The molecule has 2 heterocycles. The number of H-pyrrole nitrogens is 2. The first-order valence-corrected chi connectivity index (χ1v) is 5.49. The van der Waals surface area contributed by atoms with E-state index >= 15 is 0 Å². The first-order chi connectivity index (χ1) is 8.83. The molecule has 0 aliphatic rings. The Bertz CT molecular complexity index is 205. The van der Waals surface area contributed by atoms with Crippen LogP contribution in [0.5, 0.6) is 0 Å². The Balaban J connectivity index is -0.000000178. The third-order valence-corrected chi connectivity index (χ3v) is 1.15. The Morgan fingerprint density at radius 1 is 0.684 bits per heavy atom. The number of imidazole rings is 2. The molecule has 10 N–H and O–H groups in total. The average molecular weight is 357 g/mol. The molecule has 0 unspecified atom stereocenters. The molecular weight excluding hydrogens is 333 g/mol. The quantitative estimate of drug-likeness (QED) is 0.363. The number of nitrogens with two attached hydrogens (primary N) is 4. The van der Waals surface area contributed by atoms with Crippen LogP contribution in [0.2, 0.25) is 0 Å². The fourth-order valence-corrected chi connectivity index (χ4v) is 0.430. The maximum atomic E-state index is 4.90. The molecule has 0 amide bonds. The average Bonchev–Trinajstić information content (AvgIpc) is 3.14. The van der Waals surface area contributed by atoms with Gasteiger partial charge in [0.05, 0.1) is 12.7 Å². The van der Waals surface area contributed by atoms with Crippen molar-refractivity contribution in [2.75, 3.05) is 26.2 Å². The maximum absolute atomic E-state index is 4.90. The molecule has 0 saturated carbocycles. The van der Waals surface area contributed by atoms with Gasteiger partial charge in [0.2, 0.25) is 0 Å². The molecule has 9 heteroatoms. The Hall–Kier alpha value is -1.12. The minimum Gasteiger partial charge on any atom is -0.351 e. The van der Waals surface area contributed by atoms with Crippen molar-refractivity contribution in [1.82, 2.24) is 19.9 Å². The van der Waals surface area contributed by atoms with E-state index in [1.54, 1.807) is 37.4 Å². The topological polar surface area (TPSA) is 161 Å². The Kier molecular flexibility index (Phi) is 31.1. The van der Waals surface area contributed by atoms with Crippen molar-refractivity contribution in [3.63, 3.8) is 0 Å². The predicted octanol–water partition coefficient (Wildman–Crippen LogP) is -1.38. The summed E-state index contributed by atoms with van der Waals surface area (Å²) in [6.45, 7) is 2.39. The van der Waals surface area contributed by atoms with E-state index in [1.165, 1.54) is 0 Å².